The molecule has 1 heterocycles. The molecule has 0 aliphatic rings. The van der Waals surface area contributed by atoms with E-state index >= 15 is 0 Å². The molecule has 0 aliphatic heterocycles. The molecule has 1 aromatic carbocycles. The molecule has 1 aromatic heterocycles. The normalized spacial score (nSPS) is 11.0. The van der Waals surface area contributed by atoms with Crippen LogP contribution in [0.1, 0.15) is 10.4 Å². The van der Waals surface area contributed by atoms with Crippen molar-refractivity contribution in [2.75, 3.05) is 22.0 Å². The van der Waals surface area contributed by atoms with Gasteiger partial charge >= 0.3 is 0 Å². The van der Waals surface area contributed by atoms with Gasteiger partial charge in [0.15, 0.2) is 4.34 Å². The number of hydrogen-bond acceptors (Lipinski definition) is 7. The van der Waals surface area contributed by atoms with E-state index in [0.717, 1.165) is 10.6 Å². The highest BCUT2D eigenvalue weighted by molar-refractivity contribution is 8.01. The average Bonchev–Trinajstić information content (AvgIpc) is 2.91. The fourth-order valence-electron chi connectivity index (χ4n) is 1.56. The second-order valence-electron chi connectivity index (χ2n) is 4.38. The van der Waals surface area contributed by atoms with Crippen molar-refractivity contribution in [3.63, 3.8) is 0 Å². The van der Waals surface area contributed by atoms with Crippen molar-refractivity contribution in [2.24, 2.45) is 0 Å². The standard InChI is InChI=1S/C13H14N4O3S3/c1-3-7-21-13-16-15-12(22-13)14-11(18)9-5-4-6-10(8-9)17-23(2,19)20/h3-6,8,17H,1,7H2,2H3,(H,14,15,18). The first-order valence-corrected chi connectivity index (χ1v) is 10.0. The van der Waals surface area contributed by atoms with Crippen LogP contribution in [0.2, 0.25) is 0 Å². The summed E-state index contributed by atoms with van der Waals surface area (Å²) in [5.74, 6) is 0.320. The van der Waals surface area contributed by atoms with E-state index in [-0.39, 0.29) is 0 Å². The van der Waals surface area contributed by atoms with Gasteiger partial charge in [0.05, 0.1) is 6.26 Å². The summed E-state index contributed by atoms with van der Waals surface area (Å²) in [6.07, 6.45) is 2.80. The Bertz CT molecular complexity index is 817. The highest BCUT2D eigenvalue weighted by Crippen LogP contribution is 2.25. The maximum Gasteiger partial charge on any atom is 0.257 e. The van der Waals surface area contributed by atoms with Crippen molar-refractivity contribution in [1.29, 1.82) is 0 Å². The molecule has 0 bridgehead atoms. The lowest BCUT2D eigenvalue weighted by molar-refractivity contribution is 0.102. The Labute approximate surface area is 142 Å². The second-order valence-corrected chi connectivity index (χ2v) is 8.38. The number of carbonyl (C=O) groups excluding carboxylic acids is 1. The number of thioether (sulfide) groups is 1. The van der Waals surface area contributed by atoms with Gasteiger partial charge in [-0.2, -0.15) is 0 Å². The van der Waals surface area contributed by atoms with Gasteiger partial charge in [-0.05, 0) is 18.2 Å². The molecule has 0 fully saturated rings. The molecule has 23 heavy (non-hydrogen) atoms. The number of sulfonamides is 1. The summed E-state index contributed by atoms with van der Waals surface area (Å²) in [5.41, 5.74) is 0.633. The molecule has 0 unspecified atom stereocenters. The summed E-state index contributed by atoms with van der Waals surface area (Å²) in [6.45, 7) is 3.62. The molecule has 1 amide bonds. The first-order chi connectivity index (χ1) is 10.9. The number of anilines is 2. The topological polar surface area (TPSA) is 101 Å². The van der Waals surface area contributed by atoms with Gasteiger partial charge in [-0.25, -0.2) is 8.42 Å². The minimum absolute atomic E-state index is 0.314. The molecule has 0 spiro atoms. The smallest absolute Gasteiger partial charge is 0.257 e. The van der Waals surface area contributed by atoms with Gasteiger partial charge < -0.3 is 0 Å². The number of carbonyl (C=O) groups is 1. The average molecular weight is 370 g/mol. The zero-order valence-electron chi connectivity index (χ0n) is 12.1. The molecule has 10 heteroatoms. The van der Waals surface area contributed by atoms with Crippen LogP contribution in [0.25, 0.3) is 0 Å². The summed E-state index contributed by atoms with van der Waals surface area (Å²) in [4.78, 5) is 12.2. The number of amides is 1. The maximum absolute atomic E-state index is 12.2. The van der Waals surface area contributed by atoms with Crippen LogP contribution in [0.4, 0.5) is 10.8 Å². The molecule has 122 valence electrons. The van der Waals surface area contributed by atoms with E-state index in [4.69, 9.17) is 0 Å². The monoisotopic (exact) mass is 370 g/mol. The number of nitrogens with zero attached hydrogens (tertiary/aromatic N) is 2. The molecule has 2 rings (SSSR count). The van der Waals surface area contributed by atoms with Crippen LogP contribution < -0.4 is 10.0 Å². The highest BCUT2D eigenvalue weighted by atomic mass is 32.2. The van der Waals surface area contributed by atoms with E-state index in [2.05, 4.69) is 26.8 Å². The highest BCUT2D eigenvalue weighted by Gasteiger charge is 2.11. The molecule has 2 aromatic rings. The number of benzene rings is 1. The molecular weight excluding hydrogens is 356 g/mol. The second kappa shape index (κ2) is 7.57. The van der Waals surface area contributed by atoms with Crippen molar-refractivity contribution in [1.82, 2.24) is 10.2 Å². The Balaban J connectivity index is 2.07. The van der Waals surface area contributed by atoms with Crippen LogP contribution in [0.15, 0.2) is 41.3 Å². The molecule has 0 radical (unpaired) electrons. The SMILES string of the molecule is C=CCSc1nnc(NC(=O)c2cccc(NS(C)(=O)=O)c2)s1. The summed E-state index contributed by atoms with van der Waals surface area (Å²) in [5, 5.41) is 10.8. The molecule has 0 atom stereocenters. The summed E-state index contributed by atoms with van der Waals surface area (Å²) in [6, 6.07) is 6.18. The predicted octanol–water partition coefficient (Wildman–Crippen LogP) is 2.44. The molecule has 0 saturated carbocycles. The Morgan fingerprint density at radius 2 is 2.22 bits per heavy atom. The van der Waals surface area contributed by atoms with Crippen LogP contribution in [-0.4, -0.2) is 36.5 Å². The van der Waals surface area contributed by atoms with E-state index in [1.807, 2.05) is 0 Å². The van der Waals surface area contributed by atoms with Gasteiger partial charge in [0.25, 0.3) is 5.91 Å². The third kappa shape index (κ3) is 5.66. The lowest BCUT2D eigenvalue weighted by Crippen LogP contribution is -2.13. The Morgan fingerprint density at radius 3 is 2.91 bits per heavy atom. The van der Waals surface area contributed by atoms with Gasteiger partial charge in [0, 0.05) is 17.0 Å². The third-order valence-electron chi connectivity index (χ3n) is 2.38. The van der Waals surface area contributed by atoms with Crippen molar-refractivity contribution in [2.45, 2.75) is 4.34 Å². The Morgan fingerprint density at radius 1 is 1.43 bits per heavy atom. The first kappa shape index (κ1) is 17.4. The van der Waals surface area contributed by atoms with Gasteiger partial charge in [0.1, 0.15) is 0 Å². The third-order valence-corrected chi connectivity index (χ3v) is 4.95. The minimum Gasteiger partial charge on any atom is -0.296 e. The summed E-state index contributed by atoms with van der Waals surface area (Å²) >= 11 is 2.73. The lowest BCUT2D eigenvalue weighted by atomic mass is 10.2. The Kier molecular flexibility index (Phi) is 5.74. The number of aromatic nitrogens is 2. The quantitative estimate of drug-likeness (QED) is 0.441. The van der Waals surface area contributed by atoms with E-state index in [1.165, 1.54) is 29.2 Å². The van der Waals surface area contributed by atoms with Crippen LogP contribution in [-0.2, 0) is 10.0 Å². The maximum atomic E-state index is 12.2. The van der Waals surface area contributed by atoms with Crippen LogP contribution in [0.5, 0.6) is 0 Å². The van der Waals surface area contributed by atoms with Crippen molar-refractivity contribution >= 4 is 49.8 Å². The van der Waals surface area contributed by atoms with Gasteiger partial charge in [-0.3, -0.25) is 14.8 Å². The van der Waals surface area contributed by atoms with E-state index in [1.54, 1.807) is 24.3 Å². The fourth-order valence-corrected chi connectivity index (χ4v) is 3.62. The minimum atomic E-state index is -3.40. The number of hydrogen-bond donors (Lipinski definition) is 2. The van der Waals surface area contributed by atoms with Crippen LogP contribution in [0.3, 0.4) is 0 Å². The predicted molar refractivity (Wildman–Crippen MR) is 93.7 cm³/mol. The number of nitrogens with one attached hydrogen (secondary N) is 2. The van der Waals surface area contributed by atoms with Crippen LogP contribution in [0, 0.1) is 0 Å². The van der Waals surface area contributed by atoms with Gasteiger partial charge in [0.2, 0.25) is 15.2 Å². The van der Waals surface area contributed by atoms with Gasteiger partial charge in [-0.15, -0.1) is 16.8 Å². The molecule has 0 saturated heterocycles. The van der Waals surface area contributed by atoms with Gasteiger partial charge in [-0.1, -0.05) is 35.2 Å². The van der Waals surface area contributed by atoms with Crippen molar-refractivity contribution < 1.29 is 13.2 Å². The molecule has 0 aliphatic carbocycles. The largest absolute Gasteiger partial charge is 0.296 e. The van der Waals surface area contributed by atoms with Crippen molar-refractivity contribution in [3.05, 3.63) is 42.5 Å². The zero-order chi connectivity index (χ0) is 16.9. The molecule has 7 nitrogen and oxygen atoms in total. The zero-order valence-corrected chi connectivity index (χ0v) is 14.6. The summed E-state index contributed by atoms with van der Waals surface area (Å²) < 4.78 is 25.5. The van der Waals surface area contributed by atoms with E-state index in [0.29, 0.717) is 22.1 Å². The van der Waals surface area contributed by atoms with E-state index in [9.17, 15) is 13.2 Å². The molecule has 2 N–H and O–H groups in total. The van der Waals surface area contributed by atoms with E-state index < -0.39 is 15.9 Å². The van der Waals surface area contributed by atoms with Crippen molar-refractivity contribution in [3.8, 4) is 0 Å². The fraction of sp³-hybridized carbons (Fsp3) is 0.154. The van der Waals surface area contributed by atoms with Crippen LogP contribution >= 0.6 is 23.1 Å². The Hall–Kier alpha value is -1.91. The lowest BCUT2D eigenvalue weighted by Gasteiger charge is -2.06. The first-order valence-electron chi connectivity index (χ1n) is 6.34. The summed E-state index contributed by atoms with van der Waals surface area (Å²) in [7, 11) is -3.40. The number of rotatable bonds is 7. The molecular formula is C13H14N4O3S3.